The molecule has 1 aromatic carbocycles. The molecule has 0 amide bonds. The van der Waals surface area contributed by atoms with Crippen molar-refractivity contribution in [3.8, 4) is 10.4 Å². The summed E-state index contributed by atoms with van der Waals surface area (Å²) in [4.78, 5) is 5.84. The minimum absolute atomic E-state index is 0.590. The predicted octanol–water partition coefficient (Wildman–Crippen LogP) is 4.97. The van der Waals surface area contributed by atoms with Crippen molar-refractivity contribution in [1.29, 1.82) is 0 Å². The minimum atomic E-state index is 0.590. The number of nitrogens with one attached hydrogen (secondary N) is 1. The van der Waals surface area contributed by atoms with Crippen LogP contribution in [0.15, 0.2) is 30.5 Å². The van der Waals surface area contributed by atoms with Crippen LogP contribution in [-0.2, 0) is 6.54 Å². The zero-order valence-corrected chi connectivity index (χ0v) is 13.7. The zero-order valence-electron chi connectivity index (χ0n) is 12.9. The van der Waals surface area contributed by atoms with Crippen molar-refractivity contribution in [2.45, 2.75) is 58.0 Å². The van der Waals surface area contributed by atoms with Crippen molar-refractivity contribution in [3.05, 3.63) is 41.0 Å². The van der Waals surface area contributed by atoms with E-state index >= 15 is 0 Å². The SMILES string of the molecule is CC(C)c1ccc(-c2cnc(CNC3CCCC3)s2)cc1. The Morgan fingerprint density at radius 2 is 1.90 bits per heavy atom. The third-order valence-electron chi connectivity index (χ3n) is 4.31. The Kier molecular flexibility index (Phi) is 4.71. The summed E-state index contributed by atoms with van der Waals surface area (Å²) in [6, 6.07) is 9.61. The van der Waals surface area contributed by atoms with Gasteiger partial charge in [-0.3, -0.25) is 0 Å². The summed E-state index contributed by atoms with van der Waals surface area (Å²) < 4.78 is 0. The molecule has 3 rings (SSSR count). The van der Waals surface area contributed by atoms with Gasteiger partial charge in [0.2, 0.25) is 0 Å². The molecule has 2 aromatic rings. The van der Waals surface area contributed by atoms with Gasteiger partial charge in [-0.05, 0) is 29.9 Å². The van der Waals surface area contributed by atoms with Gasteiger partial charge < -0.3 is 5.32 Å². The molecule has 112 valence electrons. The van der Waals surface area contributed by atoms with E-state index in [0.29, 0.717) is 12.0 Å². The summed E-state index contributed by atoms with van der Waals surface area (Å²) in [5.74, 6) is 0.590. The van der Waals surface area contributed by atoms with Crippen LogP contribution in [0.25, 0.3) is 10.4 Å². The molecular formula is C18H24N2S. The average Bonchev–Trinajstić information content (AvgIpc) is 3.17. The highest BCUT2D eigenvalue weighted by molar-refractivity contribution is 7.15. The van der Waals surface area contributed by atoms with Crippen LogP contribution in [0.3, 0.4) is 0 Å². The van der Waals surface area contributed by atoms with E-state index in [2.05, 4.69) is 48.4 Å². The standard InChI is InChI=1S/C18H24N2S/c1-13(2)14-7-9-15(10-8-14)17-11-20-18(21-17)12-19-16-5-3-4-6-16/h7-11,13,16,19H,3-6,12H2,1-2H3. The largest absolute Gasteiger partial charge is 0.308 e. The van der Waals surface area contributed by atoms with Gasteiger partial charge in [-0.2, -0.15) is 0 Å². The monoisotopic (exact) mass is 300 g/mol. The Balaban J connectivity index is 1.63. The van der Waals surface area contributed by atoms with Gasteiger partial charge >= 0.3 is 0 Å². The molecule has 3 heteroatoms. The van der Waals surface area contributed by atoms with Crippen LogP contribution in [0.1, 0.15) is 56.0 Å². The van der Waals surface area contributed by atoms with Crippen LogP contribution in [-0.4, -0.2) is 11.0 Å². The highest BCUT2D eigenvalue weighted by atomic mass is 32.1. The van der Waals surface area contributed by atoms with E-state index in [1.807, 2.05) is 17.5 Å². The van der Waals surface area contributed by atoms with E-state index in [-0.39, 0.29) is 0 Å². The van der Waals surface area contributed by atoms with Gasteiger partial charge in [0, 0.05) is 18.8 Å². The first-order chi connectivity index (χ1) is 10.2. The van der Waals surface area contributed by atoms with Crippen molar-refractivity contribution in [1.82, 2.24) is 10.3 Å². The lowest BCUT2D eigenvalue weighted by Crippen LogP contribution is -2.25. The number of benzene rings is 1. The number of hydrogen-bond donors (Lipinski definition) is 1. The van der Waals surface area contributed by atoms with E-state index in [0.717, 1.165) is 6.54 Å². The molecule has 0 aliphatic heterocycles. The Bertz CT molecular complexity index is 565. The van der Waals surface area contributed by atoms with E-state index in [1.54, 1.807) is 0 Å². The fraction of sp³-hybridized carbons (Fsp3) is 0.500. The molecule has 1 aliphatic rings. The molecule has 1 N–H and O–H groups in total. The van der Waals surface area contributed by atoms with Crippen LogP contribution >= 0.6 is 11.3 Å². The number of nitrogens with zero attached hydrogens (tertiary/aromatic N) is 1. The summed E-state index contributed by atoms with van der Waals surface area (Å²) in [5.41, 5.74) is 2.68. The van der Waals surface area contributed by atoms with E-state index < -0.39 is 0 Å². The Morgan fingerprint density at radius 1 is 1.19 bits per heavy atom. The second-order valence-corrected chi connectivity index (χ2v) is 7.37. The van der Waals surface area contributed by atoms with E-state index in [9.17, 15) is 0 Å². The van der Waals surface area contributed by atoms with Crippen molar-refractivity contribution < 1.29 is 0 Å². The predicted molar refractivity (Wildman–Crippen MR) is 90.7 cm³/mol. The summed E-state index contributed by atoms with van der Waals surface area (Å²) >= 11 is 1.81. The first kappa shape index (κ1) is 14.7. The zero-order chi connectivity index (χ0) is 14.7. The lowest BCUT2D eigenvalue weighted by Gasteiger charge is -2.09. The first-order valence-corrected chi connectivity index (χ1v) is 8.82. The maximum atomic E-state index is 4.57. The van der Waals surface area contributed by atoms with Crippen LogP contribution in [0.5, 0.6) is 0 Å². The summed E-state index contributed by atoms with van der Waals surface area (Å²) in [6.45, 7) is 5.38. The van der Waals surface area contributed by atoms with Gasteiger partial charge in [-0.1, -0.05) is 51.0 Å². The Labute approximate surface area is 131 Å². The van der Waals surface area contributed by atoms with Crippen LogP contribution in [0.2, 0.25) is 0 Å². The minimum Gasteiger partial charge on any atom is -0.308 e. The van der Waals surface area contributed by atoms with E-state index in [1.165, 1.54) is 46.7 Å². The molecule has 1 saturated carbocycles. The third-order valence-corrected chi connectivity index (χ3v) is 5.36. The van der Waals surface area contributed by atoms with Gasteiger partial charge in [0.05, 0.1) is 4.88 Å². The number of thiazole rings is 1. The molecule has 0 saturated heterocycles. The molecular weight excluding hydrogens is 276 g/mol. The highest BCUT2D eigenvalue weighted by Crippen LogP contribution is 2.28. The molecule has 2 nitrogen and oxygen atoms in total. The van der Waals surface area contributed by atoms with Gasteiger partial charge in [0.25, 0.3) is 0 Å². The van der Waals surface area contributed by atoms with Crippen molar-refractivity contribution in [2.24, 2.45) is 0 Å². The molecule has 1 aliphatic carbocycles. The normalized spacial score (nSPS) is 16.0. The molecule has 0 unspecified atom stereocenters. The van der Waals surface area contributed by atoms with Gasteiger partial charge in [-0.15, -0.1) is 11.3 Å². The summed E-state index contributed by atoms with van der Waals surface area (Å²) in [7, 11) is 0. The lowest BCUT2D eigenvalue weighted by molar-refractivity contribution is 0.523. The molecule has 0 spiro atoms. The number of hydrogen-bond acceptors (Lipinski definition) is 3. The molecule has 0 atom stereocenters. The molecule has 1 aromatic heterocycles. The van der Waals surface area contributed by atoms with Gasteiger partial charge in [0.15, 0.2) is 0 Å². The highest BCUT2D eigenvalue weighted by Gasteiger charge is 2.14. The van der Waals surface area contributed by atoms with Crippen LogP contribution in [0.4, 0.5) is 0 Å². The Morgan fingerprint density at radius 3 is 2.57 bits per heavy atom. The smallest absolute Gasteiger partial charge is 0.107 e. The molecule has 1 fully saturated rings. The second-order valence-electron chi connectivity index (χ2n) is 6.26. The second kappa shape index (κ2) is 6.71. The van der Waals surface area contributed by atoms with Crippen molar-refractivity contribution in [3.63, 3.8) is 0 Å². The topological polar surface area (TPSA) is 24.9 Å². The van der Waals surface area contributed by atoms with Crippen molar-refractivity contribution in [2.75, 3.05) is 0 Å². The molecule has 21 heavy (non-hydrogen) atoms. The average molecular weight is 300 g/mol. The van der Waals surface area contributed by atoms with Crippen LogP contribution in [0, 0.1) is 0 Å². The molecule has 0 radical (unpaired) electrons. The first-order valence-electron chi connectivity index (χ1n) is 8.01. The lowest BCUT2D eigenvalue weighted by atomic mass is 10.0. The maximum Gasteiger partial charge on any atom is 0.107 e. The third kappa shape index (κ3) is 3.72. The Hall–Kier alpha value is -1.19. The molecule has 0 bridgehead atoms. The molecule has 1 heterocycles. The van der Waals surface area contributed by atoms with Gasteiger partial charge in [0.1, 0.15) is 5.01 Å². The number of rotatable bonds is 5. The quantitative estimate of drug-likeness (QED) is 0.843. The summed E-state index contributed by atoms with van der Waals surface area (Å²) in [5, 5.41) is 4.83. The number of aromatic nitrogens is 1. The van der Waals surface area contributed by atoms with E-state index in [4.69, 9.17) is 0 Å². The van der Waals surface area contributed by atoms with Gasteiger partial charge in [-0.25, -0.2) is 4.98 Å². The fourth-order valence-electron chi connectivity index (χ4n) is 2.92. The summed E-state index contributed by atoms with van der Waals surface area (Å²) in [6.07, 6.45) is 7.43. The fourth-order valence-corrected chi connectivity index (χ4v) is 3.79. The van der Waals surface area contributed by atoms with Crippen molar-refractivity contribution >= 4 is 11.3 Å². The van der Waals surface area contributed by atoms with Crippen LogP contribution < -0.4 is 5.32 Å². The maximum absolute atomic E-state index is 4.57.